The van der Waals surface area contributed by atoms with E-state index < -0.39 is 5.41 Å². The van der Waals surface area contributed by atoms with Gasteiger partial charge in [-0.15, -0.1) is 0 Å². The van der Waals surface area contributed by atoms with Crippen LogP contribution in [-0.4, -0.2) is 34.1 Å². The lowest BCUT2D eigenvalue weighted by atomic mass is 9.72. The van der Waals surface area contributed by atoms with E-state index in [0.29, 0.717) is 0 Å². The molecule has 4 nitrogen and oxygen atoms in total. The van der Waals surface area contributed by atoms with Crippen LogP contribution in [0.3, 0.4) is 0 Å². The zero-order valence-corrected chi connectivity index (χ0v) is 27.5. The molecule has 0 amide bonds. The molecule has 0 aromatic heterocycles. The van der Waals surface area contributed by atoms with Crippen LogP contribution in [0.2, 0.25) is 0 Å². The number of allylic oxidation sites excluding steroid dienone is 5. The molecule has 1 heterocycles. The standard InChI is InChI=1S/C42H33NO3S/c1-43(2)30-15-8-29(9-16-30)39-41-38-35(42(39)24-22-31(44)23-25-42)21-14-26-6-5-7-34(37(26)38)40(47-41)36(27-10-17-32(45-3)18-11-27)28-12-19-33(46-4)20-13-28/h5-25H,1-4H3. The first-order valence-corrected chi connectivity index (χ1v) is 16.5. The van der Waals surface area contributed by atoms with Crippen LogP contribution in [0.1, 0.15) is 33.4 Å². The van der Waals surface area contributed by atoms with Crippen molar-refractivity contribution in [1.29, 1.82) is 0 Å². The first-order chi connectivity index (χ1) is 22.9. The van der Waals surface area contributed by atoms with Gasteiger partial charge in [-0.25, -0.2) is 0 Å². The Morgan fingerprint density at radius 1 is 0.723 bits per heavy atom. The minimum Gasteiger partial charge on any atom is -0.497 e. The minimum absolute atomic E-state index is 0.0128. The van der Waals surface area contributed by atoms with Crippen LogP contribution in [0.15, 0.2) is 127 Å². The van der Waals surface area contributed by atoms with E-state index in [1.807, 2.05) is 36.0 Å². The van der Waals surface area contributed by atoms with Gasteiger partial charge in [0.2, 0.25) is 0 Å². The monoisotopic (exact) mass is 631 g/mol. The van der Waals surface area contributed by atoms with E-state index in [4.69, 9.17) is 9.47 Å². The summed E-state index contributed by atoms with van der Waals surface area (Å²) in [6.07, 6.45) is 7.68. The molecule has 0 fully saturated rings. The predicted molar refractivity (Wildman–Crippen MR) is 196 cm³/mol. The Morgan fingerprint density at radius 3 is 1.91 bits per heavy atom. The summed E-state index contributed by atoms with van der Waals surface area (Å²) >= 11 is 1.83. The third-order valence-electron chi connectivity index (χ3n) is 9.49. The zero-order valence-electron chi connectivity index (χ0n) is 26.7. The Kier molecular flexibility index (Phi) is 6.96. The molecule has 2 aliphatic carbocycles. The summed E-state index contributed by atoms with van der Waals surface area (Å²) in [7, 11) is 7.51. The highest BCUT2D eigenvalue weighted by Crippen LogP contribution is 2.64. The van der Waals surface area contributed by atoms with Crippen LogP contribution in [0.5, 0.6) is 11.5 Å². The average molecular weight is 632 g/mol. The molecule has 0 bridgehead atoms. The number of carbonyl (C=O) groups excluding carboxylic acids is 1. The fourth-order valence-electron chi connectivity index (χ4n) is 7.17. The van der Waals surface area contributed by atoms with Crippen LogP contribution >= 0.6 is 11.8 Å². The van der Waals surface area contributed by atoms with Gasteiger partial charge in [-0.3, -0.25) is 4.79 Å². The summed E-state index contributed by atoms with van der Waals surface area (Å²) in [6, 6.07) is 36.6. The molecule has 230 valence electrons. The van der Waals surface area contributed by atoms with Crippen molar-refractivity contribution in [2.24, 2.45) is 0 Å². The van der Waals surface area contributed by atoms with E-state index in [2.05, 4.69) is 110 Å². The number of hydrogen-bond acceptors (Lipinski definition) is 5. The van der Waals surface area contributed by atoms with E-state index >= 15 is 0 Å². The van der Waals surface area contributed by atoms with Gasteiger partial charge in [0.15, 0.2) is 5.78 Å². The normalized spacial score (nSPS) is 15.5. The number of methoxy groups -OCH3 is 2. The number of benzene rings is 5. The maximum atomic E-state index is 12.6. The second kappa shape index (κ2) is 11.2. The molecular weight excluding hydrogens is 599 g/mol. The molecule has 47 heavy (non-hydrogen) atoms. The molecule has 0 unspecified atom stereocenters. The Balaban J connectivity index is 1.48. The first kappa shape index (κ1) is 29.2. The van der Waals surface area contributed by atoms with Crippen LogP contribution in [0.4, 0.5) is 5.69 Å². The number of nitrogens with zero attached hydrogens (tertiary/aromatic N) is 1. The second-order valence-electron chi connectivity index (χ2n) is 12.2. The van der Waals surface area contributed by atoms with E-state index in [-0.39, 0.29) is 5.78 Å². The smallest absolute Gasteiger partial charge is 0.178 e. The molecule has 1 spiro atoms. The summed E-state index contributed by atoms with van der Waals surface area (Å²) in [5.74, 6) is 1.64. The maximum Gasteiger partial charge on any atom is 0.178 e. The molecule has 5 aromatic rings. The number of fused-ring (bicyclic) bond motifs is 1. The summed E-state index contributed by atoms with van der Waals surface area (Å²) in [5.41, 5.74) is 9.92. The highest BCUT2D eigenvalue weighted by atomic mass is 32.2. The first-order valence-electron chi connectivity index (χ1n) is 15.6. The van der Waals surface area contributed by atoms with Gasteiger partial charge in [0.25, 0.3) is 0 Å². The Labute approximate surface area is 279 Å². The average Bonchev–Trinajstić information content (AvgIpc) is 3.38. The Hall–Kier alpha value is -5.26. The number of hydrogen-bond donors (Lipinski definition) is 0. The Bertz CT molecular complexity index is 2140. The van der Waals surface area contributed by atoms with E-state index in [1.165, 1.54) is 42.8 Å². The number of ketones is 1. The highest BCUT2D eigenvalue weighted by Gasteiger charge is 2.46. The number of ether oxygens (including phenoxy) is 2. The molecule has 0 radical (unpaired) electrons. The van der Waals surface area contributed by atoms with Gasteiger partial charge in [-0.1, -0.05) is 90.6 Å². The topological polar surface area (TPSA) is 38.8 Å². The third-order valence-corrected chi connectivity index (χ3v) is 10.7. The van der Waals surface area contributed by atoms with Crippen molar-refractivity contribution in [3.05, 3.63) is 161 Å². The number of carbonyl (C=O) groups is 1. The van der Waals surface area contributed by atoms with Gasteiger partial charge < -0.3 is 14.4 Å². The molecule has 3 aliphatic rings. The van der Waals surface area contributed by atoms with Gasteiger partial charge in [-0.05, 0) is 92.7 Å². The highest BCUT2D eigenvalue weighted by molar-refractivity contribution is 8.17. The van der Waals surface area contributed by atoms with Gasteiger partial charge in [-0.2, -0.15) is 0 Å². The number of anilines is 1. The lowest BCUT2D eigenvalue weighted by Crippen LogP contribution is -2.23. The quantitative estimate of drug-likeness (QED) is 0.187. The van der Waals surface area contributed by atoms with Crippen molar-refractivity contribution in [1.82, 2.24) is 0 Å². The molecule has 0 saturated carbocycles. The van der Waals surface area contributed by atoms with Crippen molar-refractivity contribution >= 4 is 55.0 Å². The van der Waals surface area contributed by atoms with Crippen molar-refractivity contribution in [2.45, 2.75) is 5.41 Å². The third kappa shape index (κ3) is 4.56. The van der Waals surface area contributed by atoms with Crippen LogP contribution < -0.4 is 14.4 Å². The van der Waals surface area contributed by atoms with Gasteiger partial charge in [0.05, 0.1) is 19.6 Å². The minimum atomic E-state index is -0.567. The van der Waals surface area contributed by atoms with Gasteiger partial charge in [0, 0.05) is 40.7 Å². The number of rotatable bonds is 6. The van der Waals surface area contributed by atoms with Crippen LogP contribution in [0.25, 0.3) is 31.7 Å². The molecule has 8 rings (SSSR count). The van der Waals surface area contributed by atoms with Gasteiger partial charge in [0.1, 0.15) is 11.5 Å². The maximum absolute atomic E-state index is 12.6. The Morgan fingerprint density at radius 2 is 1.34 bits per heavy atom. The predicted octanol–water partition coefficient (Wildman–Crippen LogP) is 9.40. The fourth-order valence-corrected chi connectivity index (χ4v) is 8.69. The zero-order chi connectivity index (χ0) is 32.3. The molecule has 0 saturated heterocycles. The van der Waals surface area contributed by atoms with Crippen molar-refractivity contribution in [2.75, 3.05) is 33.2 Å². The summed E-state index contributed by atoms with van der Waals surface area (Å²) < 4.78 is 11.1. The molecule has 5 aromatic carbocycles. The van der Waals surface area contributed by atoms with Crippen molar-refractivity contribution in [3.8, 4) is 11.5 Å². The van der Waals surface area contributed by atoms with Gasteiger partial charge >= 0.3 is 0 Å². The van der Waals surface area contributed by atoms with Crippen molar-refractivity contribution in [3.63, 3.8) is 0 Å². The molecule has 0 atom stereocenters. The lowest BCUT2D eigenvalue weighted by Gasteiger charge is -2.30. The van der Waals surface area contributed by atoms with E-state index in [1.54, 1.807) is 26.4 Å². The summed E-state index contributed by atoms with van der Waals surface area (Å²) in [4.78, 5) is 17.1. The molecule has 0 N–H and O–H groups in total. The fraction of sp³-hybridized carbons (Fsp3) is 0.119. The molecule has 5 heteroatoms. The van der Waals surface area contributed by atoms with E-state index in [9.17, 15) is 4.79 Å². The number of thioether (sulfide) groups is 1. The van der Waals surface area contributed by atoms with Crippen LogP contribution in [0, 0.1) is 0 Å². The molecular formula is C42H33NO3S. The molecule has 1 aliphatic heterocycles. The largest absolute Gasteiger partial charge is 0.497 e. The summed E-state index contributed by atoms with van der Waals surface area (Å²) in [6.45, 7) is 0. The van der Waals surface area contributed by atoms with E-state index in [0.717, 1.165) is 39.4 Å². The van der Waals surface area contributed by atoms with Crippen molar-refractivity contribution < 1.29 is 14.3 Å². The van der Waals surface area contributed by atoms with Crippen LogP contribution in [-0.2, 0) is 10.2 Å². The lowest BCUT2D eigenvalue weighted by molar-refractivity contribution is -0.110. The SMILES string of the molecule is COc1ccc(C(=C2SC3=C(c4ccc(N(C)C)cc4)C4(C=CC(=O)C=C4)c4ccc5cccc2c5c43)c2ccc(OC)cc2)cc1. The summed E-state index contributed by atoms with van der Waals surface area (Å²) in [5, 5.41) is 2.44. The second-order valence-corrected chi connectivity index (χ2v) is 13.3.